The van der Waals surface area contributed by atoms with Gasteiger partial charge in [-0.1, -0.05) is 62.7 Å². The number of benzene rings is 1. The first-order valence-electron chi connectivity index (χ1n) is 9.03. The molecule has 3 nitrogen and oxygen atoms in total. The lowest BCUT2D eigenvalue weighted by Gasteiger charge is -2.28. The lowest BCUT2D eigenvalue weighted by atomic mass is 9.93. The fourth-order valence-electron chi connectivity index (χ4n) is 4.44. The first kappa shape index (κ1) is 17.9. The number of alkyl halides is 1. The van der Waals surface area contributed by atoms with E-state index in [9.17, 15) is 0 Å². The molecule has 0 N–H and O–H groups in total. The van der Waals surface area contributed by atoms with Gasteiger partial charge in [0.25, 0.3) is 10.7 Å². The van der Waals surface area contributed by atoms with Crippen LogP contribution in [-0.4, -0.2) is 25.8 Å². The van der Waals surface area contributed by atoms with Crippen LogP contribution in [-0.2, 0) is 5.66 Å². The highest BCUT2D eigenvalue weighted by molar-refractivity contribution is 6.22. The van der Waals surface area contributed by atoms with Crippen LogP contribution in [0, 0.1) is 11.8 Å². The second kappa shape index (κ2) is 5.04. The summed E-state index contributed by atoms with van der Waals surface area (Å²) >= 11 is 7.10. The fraction of sp³-hybridized carbons (Fsp3) is 0.700. The first-order chi connectivity index (χ1) is 10.9. The largest absolute Gasteiger partial charge is 0.292 e. The number of hydrogen-bond acceptors (Lipinski definition) is 2. The standard InChI is InChI=1S/C20H31ClN3/c1-14(2)18(7,21)24-20(16-12-10-9-11-13-16)17(5,6)23(20)19(8,22-24)15(3)4/h9-15H,1-8H3/q+1. The van der Waals surface area contributed by atoms with Crippen LogP contribution in [0.25, 0.3) is 0 Å². The second-order valence-electron chi connectivity index (χ2n) is 8.77. The van der Waals surface area contributed by atoms with Crippen molar-refractivity contribution in [1.82, 2.24) is 4.90 Å². The van der Waals surface area contributed by atoms with Gasteiger partial charge in [-0.2, -0.15) is 4.90 Å². The van der Waals surface area contributed by atoms with Crippen molar-refractivity contribution in [3.05, 3.63) is 35.9 Å². The fourth-order valence-corrected chi connectivity index (χ4v) is 4.60. The van der Waals surface area contributed by atoms with Gasteiger partial charge in [-0.3, -0.25) is 0 Å². The van der Waals surface area contributed by atoms with E-state index in [0.717, 1.165) is 0 Å². The van der Waals surface area contributed by atoms with E-state index in [2.05, 4.69) is 95.3 Å². The molecule has 0 radical (unpaired) electrons. The van der Waals surface area contributed by atoms with Gasteiger partial charge in [-0.25, -0.2) is 0 Å². The molecule has 0 saturated carbocycles. The SMILES string of the molecule is CC(C)C1(C)N=[N+](C(C)(Cl)C(C)C)C2(c3ccccc3)N1C2(C)C. The van der Waals surface area contributed by atoms with Crippen molar-refractivity contribution < 1.29 is 4.70 Å². The van der Waals surface area contributed by atoms with Crippen LogP contribution in [0.3, 0.4) is 0 Å². The highest BCUT2D eigenvalue weighted by atomic mass is 35.5. The number of rotatable bonds is 4. The zero-order valence-corrected chi connectivity index (χ0v) is 17.0. The minimum Gasteiger partial charge on any atom is -0.190 e. The van der Waals surface area contributed by atoms with Crippen LogP contribution in [0.1, 0.15) is 61.0 Å². The molecule has 4 heteroatoms. The van der Waals surface area contributed by atoms with Gasteiger partial charge >= 0.3 is 0 Å². The maximum Gasteiger partial charge on any atom is 0.292 e. The van der Waals surface area contributed by atoms with Gasteiger partial charge in [0.15, 0.2) is 5.66 Å². The molecule has 1 saturated heterocycles. The van der Waals surface area contributed by atoms with E-state index in [1.165, 1.54) is 5.56 Å². The second-order valence-corrected chi connectivity index (χ2v) is 9.54. The summed E-state index contributed by atoms with van der Waals surface area (Å²) in [5, 5.41) is 5.21. The Balaban J connectivity index is 2.28. The summed E-state index contributed by atoms with van der Waals surface area (Å²) in [6.45, 7) is 17.8. The highest BCUT2D eigenvalue weighted by Gasteiger charge is 2.90. The summed E-state index contributed by atoms with van der Waals surface area (Å²) in [4.78, 5) is 2.00. The first-order valence-corrected chi connectivity index (χ1v) is 9.41. The third kappa shape index (κ3) is 1.89. The summed E-state index contributed by atoms with van der Waals surface area (Å²) < 4.78 is 2.21. The molecule has 4 atom stereocenters. The van der Waals surface area contributed by atoms with Crippen LogP contribution >= 0.6 is 11.6 Å². The molecule has 4 unspecified atom stereocenters. The van der Waals surface area contributed by atoms with Crippen LogP contribution in [0.2, 0.25) is 0 Å². The Morgan fingerprint density at radius 1 is 1.08 bits per heavy atom. The third-order valence-electron chi connectivity index (χ3n) is 6.49. The lowest BCUT2D eigenvalue weighted by Crippen LogP contribution is -2.46. The van der Waals surface area contributed by atoms with Crippen LogP contribution in [0.15, 0.2) is 35.4 Å². The average Bonchev–Trinajstić information content (AvgIpc) is 2.85. The number of hydrogen-bond donors (Lipinski definition) is 0. The Morgan fingerprint density at radius 2 is 1.62 bits per heavy atom. The molecule has 0 aliphatic carbocycles. The Bertz CT molecular complexity index is 677. The molecule has 1 fully saturated rings. The molecule has 132 valence electrons. The topological polar surface area (TPSA) is 18.4 Å². The molecule has 3 rings (SSSR count). The summed E-state index contributed by atoms with van der Waals surface area (Å²) in [7, 11) is 0. The summed E-state index contributed by atoms with van der Waals surface area (Å²) in [5.74, 6) is 0.670. The smallest absolute Gasteiger partial charge is 0.190 e. The van der Waals surface area contributed by atoms with Crippen molar-refractivity contribution in [2.45, 2.75) is 77.3 Å². The van der Waals surface area contributed by atoms with Crippen molar-refractivity contribution in [3.8, 4) is 0 Å². The Hall–Kier alpha value is -0.930. The quantitative estimate of drug-likeness (QED) is 0.308. The predicted molar refractivity (Wildman–Crippen MR) is 99.1 cm³/mol. The number of fused-ring (bicyclic) bond motifs is 1. The van der Waals surface area contributed by atoms with Crippen LogP contribution in [0.4, 0.5) is 0 Å². The minimum atomic E-state index is -0.547. The van der Waals surface area contributed by atoms with Crippen molar-refractivity contribution in [2.75, 3.05) is 0 Å². The van der Waals surface area contributed by atoms with Gasteiger partial charge in [0.2, 0.25) is 0 Å². The molecule has 2 heterocycles. The number of halogens is 1. The lowest BCUT2D eigenvalue weighted by molar-refractivity contribution is -0.699. The zero-order chi connectivity index (χ0) is 18.1. The summed E-state index contributed by atoms with van der Waals surface area (Å²) in [5.41, 5.74) is 0.703. The number of azo groups is 2. The van der Waals surface area contributed by atoms with E-state index in [0.29, 0.717) is 5.92 Å². The molecule has 0 bridgehead atoms. The molecule has 0 amide bonds. The van der Waals surface area contributed by atoms with E-state index >= 15 is 0 Å². The van der Waals surface area contributed by atoms with Gasteiger partial charge < -0.3 is 0 Å². The molecular formula is C20H31ClN3+. The highest BCUT2D eigenvalue weighted by Crippen LogP contribution is 2.69. The Morgan fingerprint density at radius 3 is 2.08 bits per heavy atom. The number of nitrogens with zero attached hydrogens (tertiary/aromatic N) is 3. The van der Waals surface area contributed by atoms with Gasteiger partial charge in [0.05, 0.1) is 0 Å². The van der Waals surface area contributed by atoms with E-state index in [4.69, 9.17) is 16.7 Å². The van der Waals surface area contributed by atoms with E-state index in [-0.39, 0.29) is 22.8 Å². The average molecular weight is 349 g/mol. The molecule has 2 aliphatic rings. The predicted octanol–water partition coefficient (Wildman–Crippen LogP) is 5.40. The van der Waals surface area contributed by atoms with Gasteiger partial charge in [-0.15, -0.1) is 0 Å². The Labute approximate surface area is 151 Å². The van der Waals surface area contributed by atoms with Crippen molar-refractivity contribution in [1.29, 1.82) is 0 Å². The van der Waals surface area contributed by atoms with E-state index in [1.54, 1.807) is 0 Å². The molecular weight excluding hydrogens is 318 g/mol. The van der Waals surface area contributed by atoms with Gasteiger partial charge in [-0.05, 0) is 43.4 Å². The molecule has 0 aromatic heterocycles. The Kier molecular flexibility index (Phi) is 3.76. The molecule has 0 spiro atoms. The van der Waals surface area contributed by atoms with Crippen LogP contribution < -0.4 is 0 Å². The molecule has 2 aliphatic heterocycles. The molecule has 24 heavy (non-hydrogen) atoms. The third-order valence-corrected chi connectivity index (χ3v) is 7.08. The van der Waals surface area contributed by atoms with E-state index < -0.39 is 5.00 Å². The minimum absolute atomic E-state index is 0.0276. The van der Waals surface area contributed by atoms with Gasteiger partial charge in [0, 0.05) is 18.4 Å². The normalized spacial score (nSPS) is 36.5. The monoisotopic (exact) mass is 348 g/mol. The van der Waals surface area contributed by atoms with Crippen molar-refractivity contribution in [2.24, 2.45) is 17.0 Å². The van der Waals surface area contributed by atoms with E-state index in [1.807, 2.05) is 0 Å². The van der Waals surface area contributed by atoms with Crippen molar-refractivity contribution >= 4 is 11.6 Å². The maximum atomic E-state index is 7.10. The van der Waals surface area contributed by atoms with Crippen LogP contribution in [0.5, 0.6) is 0 Å². The maximum absolute atomic E-state index is 7.10. The van der Waals surface area contributed by atoms with Crippen molar-refractivity contribution in [3.63, 3.8) is 0 Å². The zero-order valence-electron chi connectivity index (χ0n) is 16.3. The molecule has 1 aromatic rings. The molecule has 1 aromatic carbocycles. The summed E-state index contributed by atoms with van der Waals surface area (Å²) in [6.07, 6.45) is 0. The summed E-state index contributed by atoms with van der Waals surface area (Å²) in [6, 6.07) is 10.7. The van der Waals surface area contributed by atoms with Gasteiger partial charge in [0.1, 0.15) is 5.54 Å².